The molecule has 144 valence electrons. The topological polar surface area (TPSA) is 69.9 Å². The Morgan fingerprint density at radius 3 is 2.55 bits per heavy atom. The molecule has 0 saturated heterocycles. The molecule has 0 aliphatic carbocycles. The summed E-state index contributed by atoms with van der Waals surface area (Å²) in [7, 11) is 0. The lowest BCUT2D eigenvalue weighted by Crippen LogP contribution is -2.40. The predicted octanol–water partition coefficient (Wildman–Crippen LogP) is 4.72. The van der Waals surface area contributed by atoms with Gasteiger partial charge in [0.1, 0.15) is 0 Å². The van der Waals surface area contributed by atoms with Gasteiger partial charge in [0.25, 0.3) is 0 Å². The largest absolute Gasteiger partial charge is 0.280 e. The Morgan fingerprint density at radius 1 is 1.00 bits per heavy atom. The minimum absolute atomic E-state index is 0.0625. The van der Waals surface area contributed by atoms with E-state index >= 15 is 0 Å². The van der Waals surface area contributed by atoms with Crippen molar-refractivity contribution in [2.45, 2.75) is 37.5 Å². The van der Waals surface area contributed by atoms with E-state index in [1.165, 1.54) is 0 Å². The molecule has 1 aliphatic heterocycles. The summed E-state index contributed by atoms with van der Waals surface area (Å²) in [4.78, 5) is 24.4. The molecule has 5 heteroatoms. The first kappa shape index (κ1) is 18.8. The van der Waals surface area contributed by atoms with Crippen molar-refractivity contribution in [3.8, 4) is 6.07 Å². The molecule has 2 heterocycles. The van der Waals surface area contributed by atoms with Gasteiger partial charge in [0.15, 0.2) is 0 Å². The number of benzene rings is 2. The molecule has 1 amide bonds. The molecular weight excluding hydrogens is 360 g/mol. The maximum atomic E-state index is 14.0. The number of aromatic nitrogens is 2. The third kappa shape index (κ3) is 3.50. The molecule has 0 spiro atoms. The second-order valence-electron chi connectivity index (χ2n) is 7.31. The van der Waals surface area contributed by atoms with Gasteiger partial charge in [-0.25, -0.2) is 0 Å². The van der Waals surface area contributed by atoms with Crippen LogP contribution < -0.4 is 4.90 Å². The van der Waals surface area contributed by atoms with E-state index < -0.39 is 5.41 Å². The van der Waals surface area contributed by atoms with E-state index in [1.54, 1.807) is 18.6 Å². The number of amides is 1. The highest BCUT2D eigenvalue weighted by atomic mass is 16.2. The quantitative estimate of drug-likeness (QED) is 0.555. The SMILES string of the molecule is N#CCCCCC1(Cc2cnccn2)C(=O)N(c2ccccc2)c2ccccc21. The van der Waals surface area contributed by atoms with Crippen LogP contribution in [0.25, 0.3) is 0 Å². The molecule has 1 aromatic heterocycles. The highest BCUT2D eigenvalue weighted by molar-refractivity contribution is 6.13. The van der Waals surface area contributed by atoms with Gasteiger partial charge < -0.3 is 0 Å². The molecule has 3 aromatic rings. The average molecular weight is 382 g/mol. The molecule has 29 heavy (non-hydrogen) atoms. The molecule has 0 fully saturated rings. The molecule has 0 N–H and O–H groups in total. The molecule has 5 nitrogen and oxygen atoms in total. The first-order valence-corrected chi connectivity index (χ1v) is 9.87. The van der Waals surface area contributed by atoms with Crippen LogP contribution in [0.15, 0.2) is 73.2 Å². The highest BCUT2D eigenvalue weighted by Gasteiger charge is 2.50. The Balaban J connectivity index is 1.80. The Labute approximate surface area is 170 Å². The molecule has 1 atom stereocenters. The summed E-state index contributed by atoms with van der Waals surface area (Å²) in [5, 5.41) is 8.91. The second-order valence-corrected chi connectivity index (χ2v) is 7.31. The smallest absolute Gasteiger partial charge is 0.242 e. The van der Waals surface area contributed by atoms with E-state index in [1.807, 2.05) is 53.4 Å². The fourth-order valence-electron chi connectivity index (χ4n) is 4.21. The van der Waals surface area contributed by atoms with Crippen molar-refractivity contribution in [2.24, 2.45) is 0 Å². The standard InChI is InChI=1S/C24H22N4O/c25-14-8-2-7-13-24(17-19-18-26-15-16-27-19)21-11-5-6-12-22(21)28(23(24)29)20-9-3-1-4-10-20/h1,3-6,9-12,15-16,18H,2,7-8,13,17H2. The number of nitrogens with zero attached hydrogens (tertiary/aromatic N) is 4. The van der Waals surface area contributed by atoms with Gasteiger partial charge in [0, 0.05) is 37.1 Å². The van der Waals surface area contributed by atoms with E-state index in [0.717, 1.165) is 35.5 Å². The number of hydrogen-bond donors (Lipinski definition) is 0. The van der Waals surface area contributed by atoms with Crippen molar-refractivity contribution in [3.63, 3.8) is 0 Å². The van der Waals surface area contributed by atoms with E-state index in [-0.39, 0.29) is 5.91 Å². The van der Waals surface area contributed by atoms with Gasteiger partial charge >= 0.3 is 0 Å². The van der Waals surface area contributed by atoms with Crippen LogP contribution in [0.5, 0.6) is 0 Å². The molecule has 0 radical (unpaired) electrons. The van der Waals surface area contributed by atoms with Crippen molar-refractivity contribution in [1.29, 1.82) is 5.26 Å². The first-order chi connectivity index (χ1) is 14.3. The fourth-order valence-corrected chi connectivity index (χ4v) is 4.21. The number of carbonyl (C=O) groups is 1. The van der Waals surface area contributed by atoms with Gasteiger partial charge in [-0.05, 0) is 36.6 Å². The lowest BCUT2D eigenvalue weighted by atomic mass is 9.73. The number of fused-ring (bicyclic) bond motifs is 1. The molecule has 0 bridgehead atoms. The van der Waals surface area contributed by atoms with Crippen molar-refractivity contribution >= 4 is 17.3 Å². The van der Waals surface area contributed by atoms with E-state index in [2.05, 4.69) is 22.1 Å². The minimum Gasteiger partial charge on any atom is -0.280 e. The zero-order valence-corrected chi connectivity index (χ0v) is 16.2. The van der Waals surface area contributed by atoms with Crippen molar-refractivity contribution in [3.05, 3.63) is 84.4 Å². The Kier molecular flexibility index (Phi) is 5.35. The summed E-state index contributed by atoms with van der Waals surface area (Å²) >= 11 is 0. The molecule has 0 saturated carbocycles. The Morgan fingerprint density at radius 2 is 1.79 bits per heavy atom. The Hall–Kier alpha value is -3.52. The fraction of sp³-hybridized carbons (Fsp3) is 0.250. The number of rotatable bonds is 7. The average Bonchev–Trinajstić information content (AvgIpc) is 3.01. The molecule has 4 rings (SSSR count). The van der Waals surface area contributed by atoms with Crippen LogP contribution in [0.1, 0.15) is 36.9 Å². The van der Waals surface area contributed by atoms with Crippen LogP contribution in [0.3, 0.4) is 0 Å². The summed E-state index contributed by atoms with van der Waals surface area (Å²) in [6.45, 7) is 0. The molecular formula is C24H22N4O. The predicted molar refractivity (Wildman–Crippen MR) is 112 cm³/mol. The lowest BCUT2D eigenvalue weighted by molar-refractivity contribution is -0.122. The van der Waals surface area contributed by atoms with Gasteiger partial charge in [0.2, 0.25) is 5.91 Å². The minimum atomic E-state index is -0.710. The molecule has 1 aliphatic rings. The number of carbonyl (C=O) groups excluding carboxylic acids is 1. The zero-order valence-electron chi connectivity index (χ0n) is 16.2. The third-order valence-electron chi connectivity index (χ3n) is 5.53. The summed E-state index contributed by atoms with van der Waals surface area (Å²) in [5.74, 6) is 0.0625. The van der Waals surface area contributed by atoms with E-state index in [0.29, 0.717) is 19.3 Å². The van der Waals surface area contributed by atoms with E-state index in [4.69, 9.17) is 5.26 Å². The number of hydrogen-bond acceptors (Lipinski definition) is 4. The van der Waals surface area contributed by atoms with Crippen molar-refractivity contribution in [1.82, 2.24) is 9.97 Å². The monoisotopic (exact) mass is 382 g/mol. The number of para-hydroxylation sites is 2. The molecule has 1 unspecified atom stereocenters. The van der Waals surface area contributed by atoms with Crippen LogP contribution in [0.2, 0.25) is 0 Å². The summed E-state index contributed by atoms with van der Waals surface area (Å²) < 4.78 is 0. The van der Waals surface area contributed by atoms with Crippen LogP contribution in [-0.2, 0) is 16.6 Å². The lowest BCUT2D eigenvalue weighted by Gasteiger charge is -2.29. The first-order valence-electron chi connectivity index (χ1n) is 9.87. The van der Waals surface area contributed by atoms with Crippen LogP contribution >= 0.6 is 0 Å². The molecule has 2 aromatic carbocycles. The summed E-state index contributed by atoms with van der Waals surface area (Å²) in [6, 6.07) is 20.0. The van der Waals surface area contributed by atoms with Gasteiger partial charge in [-0.3, -0.25) is 19.7 Å². The third-order valence-corrected chi connectivity index (χ3v) is 5.53. The van der Waals surface area contributed by atoms with Gasteiger partial charge in [-0.2, -0.15) is 5.26 Å². The number of unbranched alkanes of at least 4 members (excludes halogenated alkanes) is 2. The number of nitriles is 1. The van der Waals surface area contributed by atoms with Crippen molar-refractivity contribution < 1.29 is 4.79 Å². The maximum absolute atomic E-state index is 14.0. The second kappa shape index (κ2) is 8.24. The van der Waals surface area contributed by atoms with Crippen molar-refractivity contribution in [2.75, 3.05) is 4.90 Å². The highest BCUT2D eigenvalue weighted by Crippen LogP contribution is 2.49. The van der Waals surface area contributed by atoms with Gasteiger partial charge in [-0.1, -0.05) is 42.8 Å². The zero-order chi connectivity index (χ0) is 20.1. The maximum Gasteiger partial charge on any atom is 0.242 e. The van der Waals surface area contributed by atoms with Gasteiger partial charge in [-0.15, -0.1) is 0 Å². The van der Waals surface area contributed by atoms with Gasteiger partial charge in [0.05, 0.1) is 22.9 Å². The Bertz CT molecular complexity index is 1030. The normalized spacial score (nSPS) is 17.8. The van der Waals surface area contributed by atoms with Crippen LogP contribution in [0.4, 0.5) is 11.4 Å². The van der Waals surface area contributed by atoms with Crippen LogP contribution in [0, 0.1) is 11.3 Å². The van der Waals surface area contributed by atoms with Crippen LogP contribution in [-0.4, -0.2) is 15.9 Å². The summed E-state index contributed by atoms with van der Waals surface area (Å²) in [6.07, 6.45) is 8.29. The number of anilines is 2. The van der Waals surface area contributed by atoms with E-state index in [9.17, 15) is 4.79 Å². The summed E-state index contributed by atoms with van der Waals surface area (Å²) in [5.41, 5.74) is 2.90.